The molecular weight excluding hydrogens is 408 g/mol. The molecule has 1 N–H and O–H groups in total. The highest BCUT2D eigenvalue weighted by Crippen LogP contribution is 2.34. The van der Waals surface area contributed by atoms with E-state index in [1.807, 2.05) is 23.1 Å². The largest absolute Gasteiger partial charge is 0.465 e. The molecule has 2 aromatic rings. The number of thiophene rings is 1. The van der Waals surface area contributed by atoms with Gasteiger partial charge in [0.25, 0.3) is 0 Å². The van der Waals surface area contributed by atoms with Crippen molar-refractivity contribution in [2.75, 3.05) is 57.2 Å². The third-order valence-electron chi connectivity index (χ3n) is 4.87. The number of ether oxygens (including phenoxy) is 2. The Bertz CT molecular complexity index is 923. The van der Waals surface area contributed by atoms with Crippen molar-refractivity contribution in [1.29, 1.82) is 0 Å². The number of carbonyl (C=O) groups excluding carboxylic acids is 3. The smallest absolute Gasteiger partial charge is 0.348 e. The predicted octanol–water partition coefficient (Wildman–Crippen LogP) is 1.79. The first-order chi connectivity index (χ1) is 14.4. The number of anilines is 2. The van der Waals surface area contributed by atoms with Gasteiger partial charge in [0.1, 0.15) is 15.7 Å². The summed E-state index contributed by atoms with van der Waals surface area (Å²) in [5, 5.41) is 3.05. The quantitative estimate of drug-likeness (QED) is 0.690. The Labute approximate surface area is 178 Å². The molecule has 0 unspecified atom stereocenters. The average Bonchev–Trinajstić information content (AvgIpc) is 3.09. The highest BCUT2D eigenvalue weighted by Gasteiger charge is 2.27. The second-order valence-corrected chi connectivity index (χ2v) is 7.76. The van der Waals surface area contributed by atoms with E-state index in [1.54, 1.807) is 13.1 Å². The van der Waals surface area contributed by atoms with Crippen LogP contribution in [0.4, 0.5) is 10.8 Å². The van der Waals surface area contributed by atoms with Crippen molar-refractivity contribution in [2.24, 2.45) is 0 Å². The summed E-state index contributed by atoms with van der Waals surface area (Å²) in [6.07, 6.45) is 1.76. The van der Waals surface area contributed by atoms with Crippen LogP contribution in [-0.4, -0.2) is 74.7 Å². The summed E-state index contributed by atoms with van der Waals surface area (Å²) in [5.41, 5.74) is 0.606. The number of piperazine rings is 1. The Balaban J connectivity index is 1.64. The molecule has 3 rings (SSSR count). The molecule has 1 aliphatic heterocycles. The molecule has 0 bridgehead atoms. The second-order valence-electron chi connectivity index (χ2n) is 6.74. The Hall–Kier alpha value is -2.98. The Morgan fingerprint density at radius 3 is 2.40 bits per heavy atom. The molecule has 1 amide bonds. The van der Waals surface area contributed by atoms with Crippen LogP contribution >= 0.6 is 11.3 Å². The van der Waals surface area contributed by atoms with Crippen LogP contribution in [0.3, 0.4) is 0 Å². The van der Waals surface area contributed by atoms with E-state index < -0.39 is 11.9 Å². The van der Waals surface area contributed by atoms with Crippen LogP contribution in [0.5, 0.6) is 0 Å². The number of pyridine rings is 1. The van der Waals surface area contributed by atoms with Crippen molar-refractivity contribution >= 4 is 40.0 Å². The molecule has 9 nitrogen and oxygen atoms in total. The lowest BCUT2D eigenvalue weighted by Crippen LogP contribution is -2.48. The molecule has 1 aliphatic rings. The van der Waals surface area contributed by atoms with Crippen LogP contribution < -0.4 is 10.2 Å². The molecule has 1 saturated heterocycles. The standard InChI is InChI=1S/C20H24N4O5S/c1-13-16(19(26)28-2)18(30-17(13)20(27)29-3)22-15(25)12-23-8-10-24(11-9-23)14-6-4-5-7-21-14/h4-7H,8-12H2,1-3H3,(H,22,25). The zero-order chi connectivity index (χ0) is 21.7. The van der Waals surface area contributed by atoms with E-state index in [-0.39, 0.29) is 27.9 Å². The SMILES string of the molecule is COC(=O)c1sc(NC(=O)CN2CCN(c3ccccn3)CC2)c(C(=O)OC)c1C. The molecule has 0 atom stereocenters. The number of hydrogen-bond acceptors (Lipinski definition) is 9. The number of methoxy groups -OCH3 is 2. The number of nitrogens with one attached hydrogen (secondary N) is 1. The number of esters is 2. The lowest BCUT2D eigenvalue weighted by molar-refractivity contribution is -0.117. The first kappa shape index (κ1) is 21.7. The summed E-state index contributed by atoms with van der Waals surface area (Å²) < 4.78 is 9.57. The van der Waals surface area contributed by atoms with Crippen molar-refractivity contribution in [3.8, 4) is 0 Å². The van der Waals surface area contributed by atoms with Crippen molar-refractivity contribution in [3.05, 3.63) is 40.4 Å². The zero-order valence-electron chi connectivity index (χ0n) is 17.1. The van der Waals surface area contributed by atoms with Crippen LogP contribution in [0.15, 0.2) is 24.4 Å². The molecule has 30 heavy (non-hydrogen) atoms. The summed E-state index contributed by atoms with van der Waals surface area (Å²) in [5.74, 6) is -0.509. The molecule has 1 fully saturated rings. The van der Waals surface area contributed by atoms with E-state index in [1.165, 1.54) is 14.2 Å². The van der Waals surface area contributed by atoms with E-state index in [4.69, 9.17) is 9.47 Å². The maximum absolute atomic E-state index is 12.6. The maximum Gasteiger partial charge on any atom is 0.348 e. The fourth-order valence-electron chi connectivity index (χ4n) is 3.28. The minimum atomic E-state index is -0.613. The number of nitrogens with zero attached hydrogens (tertiary/aromatic N) is 3. The van der Waals surface area contributed by atoms with Gasteiger partial charge >= 0.3 is 11.9 Å². The van der Waals surface area contributed by atoms with Crippen molar-refractivity contribution in [3.63, 3.8) is 0 Å². The van der Waals surface area contributed by atoms with Gasteiger partial charge in [-0.15, -0.1) is 11.3 Å². The van der Waals surface area contributed by atoms with Gasteiger partial charge in [0.05, 0.1) is 26.3 Å². The maximum atomic E-state index is 12.6. The van der Waals surface area contributed by atoms with Gasteiger partial charge in [-0.3, -0.25) is 9.69 Å². The third kappa shape index (κ3) is 4.77. The summed E-state index contributed by atoms with van der Waals surface area (Å²) >= 11 is 1.01. The summed E-state index contributed by atoms with van der Waals surface area (Å²) in [6.45, 7) is 4.77. The average molecular weight is 433 g/mol. The third-order valence-corrected chi connectivity index (χ3v) is 6.06. The minimum absolute atomic E-state index is 0.177. The number of rotatable bonds is 6. The van der Waals surface area contributed by atoms with E-state index in [9.17, 15) is 14.4 Å². The van der Waals surface area contributed by atoms with E-state index >= 15 is 0 Å². The topological polar surface area (TPSA) is 101 Å². The van der Waals surface area contributed by atoms with Crippen LogP contribution in [0.25, 0.3) is 0 Å². The van der Waals surface area contributed by atoms with E-state index in [2.05, 4.69) is 15.2 Å². The second kappa shape index (κ2) is 9.68. The summed E-state index contributed by atoms with van der Waals surface area (Å²) in [7, 11) is 2.52. The van der Waals surface area contributed by atoms with Gasteiger partial charge in [-0.05, 0) is 24.6 Å². The molecule has 10 heteroatoms. The van der Waals surface area contributed by atoms with Gasteiger partial charge in [-0.25, -0.2) is 14.6 Å². The Morgan fingerprint density at radius 2 is 1.80 bits per heavy atom. The Kier molecular flexibility index (Phi) is 7.01. The number of carbonyl (C=O) groups is 3. The fourth-order valence-corrected chi connectivity index (χ4v) is 4.41. The van der Waals surface area contributed by atoms with Crippen molar-refractivity contribution < 1.29 is 23.9 Å². The van der Waals surface area contributed by atoms with E-state index in [0.717, 1.165) is 30.2 Å². The van der Waals surface area contributed by atoms with Gasteiger partial charge < -0.3 is 19.7 Å². The van der Waals surface area contributed by atoms with Crippen molar-refractivity contribution in [1.82, 2.24) is 9.88 Å². The highest BCUT2D eigenvalue weighted by atomic mass is 32.1. The van der Waals surface area contributed by atoms with Crippen LogP contribution in [0.2, 0.25) is 0 Å². The molecular formula is C20H24N4O5S. The first-order valence-corrected chi connectivity index (χ1v) is 10.2. The van der Waals surface area contributed by atoms with Crippen LogP contribution in [0.1, 0.15) is 25.6 Å². The van der Waals surface area contributed by atoms with Gasteiger partial charge in [-0.1, -0.05) is 6.07 Å². The molecule has 160 valence electrons. The number of hydrogen-bond donors (Lipinski definition) is 1. The fraction of sp³-hybridized carbons (Fsp3) is 0.400. The Morgan fingerprint density at radius 1 is 1.10 bits per heavy atom. The summed E-state index contributed by atoms with van der Waals surface area (Å²) in [4.78, 5) is 45.6. The first-order valence-electron chi connectivity index (χ1n) is 9.42. The normalized spacial score (nSPS) is 14.3. The van der Waals surface area contributed by atoms with Crippen LogP contribution in [0, 0.1) is 6.92 Å². The van der Waals surface area contributed by atoms with Crippen LogP contribution in [-0.2, 0) is 14.3 Å². The van der Waals surface area contributed by atoms with Gasteiger partial charge in [0.15, 0.2) is 0 Å². The summed E-state index contributed by atoms with van der Waals surface area (Å²) in [6, 6.07) is 5.80. The van der Waals surface area contributed by atoms with Gasteiger partial charge in [0, 0.05) is 32.4 Å². The molecule has 0 spiro atoms. The molecule has 3 heterocycles. The van der Waals surface area contributed by atoms with Gasteiger partial charge in [0.2, 0.25) is 5.91 Å². The van der Waals surface area contributed by atoms with E-state index in [0.29, 0.717) is 18.7 Å². The predicted molar refractivity (Wildman–Crippen MR) is 113 cm³/mol. The minimum Gasteiger partial charge on any atom is -0.465 e. The lowest BCUT2D eigenvalue weighted by Gasteiger charge is -2.34. The lowest BCUT2D eigenvalue weighted by atomic mass is 10.1. The molecule has 0 radical (unpaired) electrons. The van der Waals surface area contributed by atoms with Crippen molar-refractivity contribution in [2.45, 2.75) is 6.92 Å². The number of amides is 1. The molecule has 0 aliphatic carbocycles. The molecule has 2 aromatic heterocycles. The molecule has 0 saturated carbocycles. The number of aromatic nitrogens is 1. The highest BCUT2D eigenvalue weighted by molar-refractivity contribution is 7.18. The zero-order valence-corrected chi connectivity index (χ0v) is 18.0. The monoisotopic (exact) mass is 432 g/mol. The van der Waals surface area contributed by atoms with Gasteiger partial charge in [-0.2, -0.15) is 0 Å². The molecule has 0 aromatic carbocycles.